The predicted octanol–water partition coefficient (Wildman–Crippen LogP) is 3.80. The fourth-order valence-electron chi connectivity index (χ4n) is 2.27. The number of benzene rings is 1. The maximum absolute atomic E-state index is 12.3. The van der Waals surface area contributed by atoms with Crippen LogP contribution < -0.4 is 10.1 Å². The second kappa shape index (κ2) is 6.02. The Morgan fingerprint density at radius 2 is 2.15 bits per heavy atom. The van der Waals surface area contributed by atoms with Crippen molar-refractivity contribution < 1.29 is 18.4 Å². The molecule has 0 heterocycles. The highest BCUT2D eigenvalue weighted by atomic mass is 19.3. The van der Waals surface area contributed by atoms with Crippen LogP contribution in [0.3, 0.4) is 0 Å². The number of anilines is 1. The maximum atomic E-state index is 12.3. The highest BCUT2D eigenvalue weighted by Gasteiger charge is 2.25. The van der Waals surface area contributed by atoms with E-state index in [0.29, 0.717) is 11.6 Å². The zero-order valence-corrected chi connectivity index (χ0v) is 11.0. The van der Waals surface area contributed by atoms with E-state index in [0.717, 1.165) is 12.8 Å². The molecule has 1 unspecified atom stereocenters. The molecular formula is C13H16F2N2O3. The molecule has 1 aliphatic carbocycles. The summed E-state index contributed by atoms with van der Waals surface area (Å²) in [7, 11) is 0. The van der Waals surface area contributed by atoms with Gasteiger partial charge in [0, 0.05) is 23.9 Å². The first-order valence-electron chi connectivity index (χ1n) is 6.47. The lowest BCUT2D eigenvalue weighted by atomic mass is 9.80. The molecule has 1 aromatic rings. The molecule has 1 aromatic carbocycles. The van der Waals surface area contributed by atoms with Gasteiger partial charge >= 0.3 is 12.3 Å². The van der Waals surface area contributed by atoms with E-state index in [1.165, 1.54) is 24.6 Å². The number of nitro benzene ring substituents is 1. The van der Waals surface area contributed by atoms with Gasteiger partial charge in [-0.05, 0) is 31.7 Å². The van der Waals surface area contributed by atoms with Crippen molar-refractivity contribution in [3.05, 3.63) is 28.3 Å². The number of rotatable bonds is 6. The number of alkyl halides is 2. The highest BCUT2D eigenvalue weighted by Crippen LogP contribution is 2.34. The summed E-state index contributed by atoms with van der Waals surface area (Å²) < 4.78 is 28.8. The van der Waals surface area contributed by atoms with Crippen LogP contribution in [0.5, 0.6) is 5.75 Å². The van der Waals surface area contributed by atoms with Crippen molar-refractivity contribution in [2.24, 2.45) is 5.92 Å². The Bertz CT molecular complexity index is 493. The van der Waals surface area contributed by atoms with Crippen LogP contribution in [0.15, 0.2) is 18.2 Å². The van der Waals surface area contributed by atoms with Gasteiger partial charge in [-0.3, -0.25) is 10.1 Å². The van der Waals surface area contributed by atoms with Gasteiger partial charge in [0.05, 0.1) is 4.92 Å². The van der Waals surface area contributed by atoms with Gasteiger partial charge in [0.2, 0.25) is 5.75 Å². The second-order valence-electron chi connectivity index (χ2n) is 4.94. The largest absolute Gasteiger partial charge is 0.427 e. The highest BCUT2D eigenvalue weighted by molar-refractivity contribution is 5.58. The van der Waals surface area contributed by atoms with Crippen molar-refractivity contribution in [2.75, 3.05) is 5.32 Å². The van der Waals surface area contributed by atoms with E-state index < -0.39 is 23.0 Å². The third kappa shape index (κ3) is 3.34. The molecule has 0 aliphatic heterocycles. The summed E-state index contributed by atoms with van der Waals surface area (Å²) in [6.07, 6.45) is 3.49. The number of nitrogens with zero attached hydrogens (tertiary/aromatic N) is 1. The van der Waals surface area contributed by atoms with Gasteiger partial charge in [0.25, 0.3) is 0 Å². The van der Waals surface area contributed by atoms with Crippen LogP contribution in [0.4, 0.5) is 20.2 Å². The maximum Gasteiger partial charge on any atom is 0.387 e. The van der Waals surface area contributed by atoms with Crippen molar-refractivity contribution >= 4 is 11.4 Å². The molecule has 1 N–H and O–H groups in total. The van der Waals surface area contributed by atoms with Crippen LogP contribution in [0, 0.1) is 16.0 Å². The minimum atomic E-state index is -3.09. The van der Waals surface area contributed by atoms with Crippen molar-refractivity contribution in [3.8, 4) is 5.75 Å². The molecule has 110 valence electrons. The van der Waals surface area contributed by atoms with E-state index in [2.05, 4.69) is 10.1 Å². The number of halogens is 2. The summed E-state index contributed by atoms with van der Waals surface area (Å²) in [5, 5.41) is 13.9. The Morgan fingerprint density at radius 1 is 1.45 bits per heavy atom. The Balaban J connectivity index is 2.15. The van der Waals surface area contributed by atoms with Crippen LogP contribution in [0.1, 0.15) is 26.2 Å². The third-order valence-corrected chi connectivity index (χ3v) is 3.62. The molecule has 1 aliphatic rings. The number of hydrogen-bond donors (Lipinski definition) is 1. The Hall–Kier alpha value is -1.92. The van der Waals surface area contributed by atoms with Crippen LogP contribution in [0.25, 0.3) is 0 Å². The fraction of sp³-hybridized carbons (Fsp3) is 0.538. The smallest absolute Gasteiger partial charge is 0.387 e. The topological polar surface area (TPSA) is 64.4 Å². The van der Waals surface area contributed by atoms with Crippen molar-refractivity contribution in [3.63, 3.8) is 0 Å². The quantitative estimate of drug-likeness (QED) is 0.638. The van der Waals surface area contributed by atoms with E-state index in [9.17, 15) is 18.9 Å². The lowest BCUT2D eigenvalue weighted by molar-refractivity contribution is -0.386. The lowest BCUT2D eigenvalue weighted by Gasteiger charge is -2.32. The summed E-state index contributed by atoms with van der Waals surface area (Å²) in [6, 6.07) is 4.13. The summed E-state index contributed by atoms with van der Waals surface area (Å²) >= 11 is 0. The second-order valence-corrected chi connectivity index (χ2v) is 4.94. The average molecular weight is 286 g/mol. The van der Waals surface area contributed by atoms with E-state index >= 15 is 0 Å². The third-order valence-electron chi connectivity index (χ3n) is 3.62. The first-order valence-corrected chi connectivity index (χ1v) is 6.47. The number of hydrogen-bond acceptors (Lipinski definition) is 4. The van der Waals surface area contributed by atoms with Gasteiger partial charge in [-0.25, -0.2) is 0 Å². The summed E-state index contributed by atoms with van der Waals surface area (Å²) in [5.74, 6) is 0.139. The molecule has 0 aromatic heterocycles. The minimum absolute atomic E-state index is 0.199. The molecule has 7 heteroatoms. The number of nitro groups is 1. The molecule has 2 rings (SSSR count). The monoisotopic (exact) mass is 286 g/mol. The van der Waals surface area contributed by atoms with Gasteiger partial charge < -0.3 is 10.1 Å². The molecule has 5 nitrogen and oxygen atoms in total. The van der Waals surface area contributed by atoms with E-state index in [1.54, 1.807) is 0 Å². The molecule has 1 saturated carbocycles. The first kappa shape index (κ1) is 14.5. The molecule has 0 saturated heterocycles. The zero-order valence-electron chi connectivity index (χ0n) is 11.0. The Kier molecular flexibility index (Phi) is 4.36. The van der Waals surface area contributed by atoms with Crippen molar-refractivity contribution in [2.45, 2.75) is 38.8 Å². The molecule has 1 atom stereocenters. The van der Waals surface area contributed by atoms with E-state index in [4.69, 9.17) is 0 Å². The molecule has 0 bridgehead atoms. The van der Waals surface area contributed by atoms with Gasteiger partial charge in [0.15, 0.2) is 0 Å². The lowest BCUT2D eigenvalue weighted by Crippen LogP contribution is -2.30. The van der Waals surface area contributed by atoms with E-state index in [1.807, 2.05) is 6.92 Å². The number of ether oxygens (including phenoxy) is 1. The predicted molar refractivity (Wildman–Crippen MR) is 70.2 cm³/mol. The van der Waals surface area contributed by atoms with E-state index in [-0.39, 0.29) is 6.04 Å². The Morgan fingerprint density at radius 3 is 2.65 bits per heavy atom. The molecule has 0 radical (unpaired) electrons. The summed E-state index contributed by atoms with van der Waals surface area (Å²) in [5.41, 5.74) is 0.0813. The van der Waals surface area contributed by atoms with Crippen LogP contribution >= 0.6 is 0 Å². The summed E-state index contributed by atoms with van der Waals surface area (Å²) in [6.45, 7) is -1.08. The van der Waals surface area contributed by atoms with Crippen molar-refractivity contribution in [1.82, 2.24) is 0 Å². The van der Waals surface area contributed by atoms with Crippen LogP contribution in [-0.2, 0) is 0 Å². The normalized spacial score (nSPS) is 16.6. The van der Waals surface area contributed by atoms with Gasteiger partial charge in [-0.2, -0.15) is 8.78 Å². The van der Waals surface area contributed by atoms with Crippen LogP contribution in [-0.4, -0.2) is 17.6 Å². The van der Waals surface area contributed by atoms with Crippen molar-refractivity contribution in [1.29, 1.82) is 0 Å². The molecule has 1 fully saturated rings. The van der Waals surface area contributed by atoms with Gasteiger partial charge in [-0.1, -0.05) is 6.42 Å². The molecule has 20 heavy (non-hydrogen) atoms. The Labute approximate surface area is 115 Å². The van der Waals surface area contributed by atoms with Crippen LogP contribution in [0.2, 0.25) is 0 Å². The average Bonchev–Trinajstić information content (AvgIpc) is 2.25. The summed E-state index contributed by atoms with van der Waals surface area (Å²) in [4.78, 5) is 10.0. The molecule has 0 spiro atoms. The number of nitrogens with one attached hydrogen (secondary N) is 1. The molecular weight excluding hydrogens is 270 g/mol. The SMILES string of the molecule is CC(Nc1ccc([N+](=O)[O-])c(OC(F)F)c1)C1CCC1. The first-order chi connectivity index (χ1) is 9.47. The fourth-order valence-corrected chi connectivity index (χ4v) is 2.27. The van der Waals surface area contributed by atoms with Gasteiger partial charge in [-0.15, -0.1) is 0 Å². The standard InChI is InChI=1S/C13H16F2N2O3/c1-8(9-3-2-4-9)16-10-5-6-11(17(18)19)12(7-10)20-13(14)15/h5-9,13,16H,2-4H2,1H3. The zero-order chi connectivity index (χ0) is 14.7. The minimum Gasteiger partial charge on any atom is -0.427 e. The molecule has 0 amide bonds. The van der Waals surface area contributed by atoms with Gasteiger partial charge in [0.1, 0.15) is 0 Å².